The maximum absolute atomic E-state index is 14.2. The number of carbonyl (C=O) groups excluding carboxylic acids is 4. The van der Waals surface area contributed by atoms with E-state index in [1.54, 1.807) is 10.3 Å². The Morgan fingerprint density at radius 1 is 1.04 bits per heavy atom. The molecule has 1 aromatic carbocycles. The summed E-state index contributed by atoms with van der Waals surface area (Å²) < 4.78 is 6.18. The fourth-order valence-electron chi connectivity index (χ4n) is 6.31. The monoisotopic (exact) mass is 679 g/mol. The van der Waals surface area contributed by atoms with Crippen LogP contribution in [0.15, 0.2) is 45.7 Å². The van der Waals surface area contributed by atoms with Gasteiger partial charge >= 0.3 is 0 Å². The maximum Gasteiger partial charge on any atom is 0.271 e. The number of nitrogens with one attached hydrogen (secondary N) is 3. The Kier molecular flexibility index (Phi) is 9.97. The van der Waals surface area contributed by atoms with Gasteiger partial charge in [0.15, 0.2) is 6.04 Å². The van der Waals surface area contributed by atoms with E-state index in [1.807, 2.05) is 44.2 Å². The number of aromatic nitrogens is 1. The van der Waals surface area contributed by atoms with E-state index in [9.17, 15) is 19.2 Å². The third-order valence-corrected chi connectivity index (χ3v) is 11.4. The van der Waals surface area contributed by atoms with Gasteiger partial charge in [-0.15, -0.1) is 23.1 Å². The number of benzene rings is 1. The predicted molar refractivity (Wildman–Crippen MR) is 182 cm³/mol. The molecule has 8 atom stereocenters. The minimum absolute atomic E-state index is 0.0666. The van der Waals surface area contributed by atoms with Crippen molar-refractivity contribution in [2.24, 2.45) is 15.9 Å². The van der Waals surface area contributed by atoms with Crippen molar-refractivity contribution >= 4 is 57.7 Å². The smallest absolute Gasteiger partial charge is 0.271 e. The summed E-state index contributed by atoms with van der Waals surface area (Å²) in [7, 11) is 0. The van der Waals surface area contributed by atoms with Crippen molar-refractivity contribution in [1.29, 1.82) is 0 Å². The van der Waals surface area contributed by atoms with Crippen LogP contribution in [0.3, 0.4) is 0 Å². The standard InChI is InChI=1S/C33H41N7O5S2/c1-5-17(2)25-32-37-22(16-47-32)27(41)34-18(3)31-36-23(15-46-31)28(42)35-21(14-20-10-7-6-8-11-20)33(44)40-13-9-12-24(40)30-39-26(19(4)45-30)29(43)38-25/h6-8,10-11,15,17-19,21-22,24-26H,5,9,12-14,16H2,1-4H3,(H,34,41)(H,35,42)(H,38,43)/t17-,18?,19+,21-,22?,24-,25?,26-/m0/s1. The van der Waals surface area contributed by atoms with E-state index in [4.69, 9.17) is 14.7 Å². The van der Waals surface area contributed by atoms with Gasteiger partial charge in [0.25, 0.3) is 5.91 Å². The van der Waals surface area contributed by atoms with Gasteiger partial charge in [0.2, 0.25) is 23.6 Å². The molecular weight excluding hydrogens is 639 g/mol. The molecule has 6 rings (SSSR count). The molecule has 6 bridgehead atoms. The molecule has 1 fully saturated rings. The van der Waals surface area contributed by atoms with E-state index in [0.29, 0.717) is 34.7 Å². The average Bonchev–Trinajstić information content (AvgIpc) is 3.89. The number of aliphatic imine (C=N–C) groups is 2. The fourth-order valence-corrected chi connectivity index (χ4v) is 8.35. The van der Waals surface area contributed by atoms with Gasteiger partial charge in [0.1, 0.15) is 34.9 Å². The highest BCUT2D eigenvalue weighted by Crippen LogP contribution is 2.29. The number of fused-ring (bicyclic) bond motifs is 6. The van der Waals surface area contributed by atoms with Crippen LogP contribution in [-0.2, 0) is 25.5 Å². The van der Waals surface area contributed by atoms with Crippen molar-refractivity contribution < 1.29 is 23.9 Å². The SMILES string of the molecule is CC[C@H](C)C1NC(=O)[C@H]2N=C(O[C@@H]2C)[C@@H]2CCCN2C(=O)[C@H](Cc2ccccc2)NC(=O)c2csc(n2)C(C)NC(=O)C2CSC1=N2. The molecule has 14 heteroatoms. The highest BCUT2D eigenvalue weighted by molar-refractivity contribution is 8.14. The van der Waals surface area contributed by atoms with Gasteiger partial charge in [-0.2, -0.15) is 0 Å². The van der Waals surface area contributed by atoms with Gasteiger partial charge < -0.3 is 25.6 Å². The quantitative estimate of drug-likeness (QED) is 0.449. The van der Waals surface area contributed by atoms with Gasteiger partial charge in [-0.25, -0.2) is 9.98 Å². The molecule has 4 amide bonds. The van der Waals surface area contributed by atoms with Crippen LogP contribution in [0.25, 0.3) is 0 Å². The maximum atomic E-state index is 14.2. The predicted octanol–water partition coefficient (Wildman–Crippen LogP) is 2.90. The van der Waals surface area contributed by atoms with Crippen LogP contribution in [0.1, 0.15) is 74.1 Å². The number of hydrogen-bond acceptors (Lipinski definition) is 10. The molecular formula is C33H41N7O5S2. The molecule has 3 N–H and O–H groups in total. The van der Waals surface area contributed by atoms with Crippen LogP contribution in [0.5, 0.6) is 0 Å². The number of rotatable bonds is 4. The van der Waals surface area contributed by atoms with Crippen molar-refractivity contribution in [2.75, 3.05) is 12.3 Å². The van der Waals surface area contributed by atoms with E-state index in [1.165, 1.54) is 23.1 Å². The molecule has 2 aromatic rings. The van der Waals surface area contributed by atoms with Crippen LogP contribution in [-0.4, -0.2) is 93.1 Å². The highest BCUT2D eigenvalue weighted by atomic mass is 32.2. The summed E-state index contributed by atoms with van der Waals surface area (Å²) in [5.74, 6) is -0.360. The molecule has 12 nitrogen and oxygen atoms in total. The Hall–Kier alpha value is -3.78. The number of amides is 4. The molecule has 4 aliphatic rings. The van der Waals surface area contributed by atoms with Crippen LogP contribution in [0.4, 0.5) is 0 Å². The Morgan fingerprint density at radius 2 is 1.83 bits per heavy atom. The number of nitrogens with zero attached hydrogens (tertiary/aromatic N) is 4. The van der Waals surface area contributed by atoms with Crippen LogP contribution in [0, 0.1) is 5.92 Å². The summed E-state index contributed by atoms with van der Waals surface area (Å²) in [5, 5.41) is 12.0. The molecule has 0 spiro atoms. The molecule has 0 saturated carbocycles. The second-order valence-corrected chi connectivity index (χ2v) is 14.5. The first kappa shape index (κ1) is 33.1. The Labute approximate surface area is 282 Å². The topological polar surface area (TPSA) is 154 Å². The van der Waals surface area contributed by atoms with Gasteiger partial charge in [0, 0.05) is 24.1 Å². The first-order valence-electron chi connectivity index (χ1n) is 16.3. The normalized spacial score (nSPS) is 30.6. The van der Waals surface area contributed by atoms with Crippen LogP contribution in [0.2, 0.25) is 0 Å². The summed E-state index contributed by atoms with van der Waals surface area (Å²) in [6.45, 7) is 8.21. The zero-order valence-corrected chi connectivity index (χ0v) is 28.6. The van der Waals surface area contributed by atoms with E-state index < -0.39 is 42.2 Å². The molecule has 0 aliphatic carbocycles. The first-order valence-corrected chi connectivity index (χ1v) is 18.2. The first-order chi connectivity index (χ1) is 22.6. The van der Waals surface area contributed by atoms with Crippen molar-refractivity contribution in [1.82, 2.24) is 25.8 Å². The van der Waals surface area contributed by atoms with Gasteiger partial charge in [-0.3, -0.25) is 24.2 Å². The third-order valence-electron chi connectivity index (χ3n) is 9.23. The molecule has 250 valence electrons. The van der Waals surface area contributed by atoms with Crippen LogP contribution < -0.4 is 16.0 Å². The van der Waals surface area contributed by atoms with Crippen molar-refractivity contribution in [2.45, 2.75) is 95.7 Å². The van der Waals surface area contributed by atoms with Gasteiger partial charge in [-0.05, 0) is 38.2 Å². The lowest BCUT2D eigenvalue weighted by atomic mass is 9.99. The number of thiazole rings is 1. The lowest BCUT2D eigenvalue weighted by molar-refractivity contribution is -0.133. The Morgan fingerprint density at radius 3 is 2.60 bits per heavy atom. The molecule has 1 saturated heterocycles. The lowest BCUT2D eigenvalue weighted by Gasteiger charge is -2.29. The third kappa shape index (κ3) is 7.08. The van der Waals surface area contributed by atoms with E-state index >= 15 is 0 Å². The molecule has 4 aliphatic heterocycles. The minimum Gasteiger partial charge on any atom is -0.474 e. The lowest BCUT2D eigenvalue weighted by Crippen LogP contribution is -2.52. The summed E-state index contributed by atoms with van der Waals surface area (Å²) in [6, 6.07) is 5.96. The summed E-state index contributed by atoms with van der Waals surface area (Å²) in [4.78, 5) is 70.6. The number of ether oxygens (including phenoxy) is 1. The molecule has 5 heterocycles. The van der Waals surface area contributed by atoms with Crippen LogP contribution >= 0.6 is 23.1 Å². The second-order valence-electron chi connectivity index (χ2n) is 12.6. The molecule has 1 aromatic heterocycles. The minimum atomic E-state index is -0.872. The highest BCUT2D eigenvalue weighted by Gasteiger charge is 2.44. The van der Waals surface area contributed by atoms with Crippen molar-refractivity contribution in [3.8, 4) is 0 Å². The molecule has 3 unspecified atom stereocenters. The van der Waals surface area contributed by atoms with E-state index in [0.717, 1.165) is 18.4 Å². The summed E-state index contributed by atoms with van der Waals surface area (Å²) in [5.41, 5.74) is 1.08. The second kappa shape index (κ2) is 14.1. The number of thioether (sulfide) groups is 1. The molecule has 0 radical (unpaired) electrons. The average molecular weight is 680 g/mol. The summed E-state index contributed by atoms with van der Waals surface area (Å²) >= 11 is 2.75. The Bertz CT molecular complexity index is 1580. The number of carbonyl (C=O) groups is 4. The largest absolute Gasteiger partial charge is 0.474 e. The zero-order chi connectivity index (χ0) is 33.2. The van der Waals surface area contributed by atoms with Gasteiger partial charge in [0.05, 0.1) is 17.1 Å². The van der Waals surface area contributed by atoms with Gasteiger partial charge in [-0.1, -0.05) is 50.6 Å². The fraction of sp³-hybridized carbons (Fsp3) is 0.545. The van der Waals surface area contributed by atoms with Crippen molar-refractivity contribution in [3.63, 3.8) is 0 Å². The van der Waals surface area contributed by atoms with Crippen molar-refractivity contribution in [3.05, 3.63) is 52.0 Å². The Balaban J connectivity index is 1.35. The van der Waals surface area contributed by atoms with E-state index in [2.05, 4.69) is 34.8 Å². The van der Waals surface area contributed by atoms with E-state index in [-0.39, 0.29) is 41.8 Å². The zero-order valence-electron chi connectivity index (χ0n) is 27.0. The molecule has 47 heavy (non-hydrogen) atoms. The summed E-state index contributed by atoms with van der Waals surface area (Å²) in [6.07, 6.45) is 1.92. The number of hydrogen-bond donors (Lipinski definition) is 3.